The summed E-state index contributed by atoms with van der Waals surface area (Å²) in [5, 5.41) is 13.5. The van der Waals surface area contributed by atoms with E-state index < -0.39 is 0 Å². The van der Waals surface area contributed by atoms with Crippen LogP contribution >= 0.6 is 0 Å². The van der Waals surface area contributed by atoms with Gasteiger partial charge in [0.15, 0.2) is 0 Å². The van der Waals surface area contributed by atoms with Crippen LogP contribution in [0, 0.1) is 18.8 Å². The van der Waals surface area contributed by atoms with E-state index in [0.717, 1.165) is 18.5 Å². The molecule has 0 aromatic heterocycles. The normalized spacial score (nSPS) is 12.2. The van der Waals surface area contributed by atoms with Crippen molar-refractivity contribution < 1.29 is 5.11 Å². The van der Waals surface area contributed by atoms with Crippen LogP contribution in [-0.2, 0) is 0 Å². The van der Waals surface area contributed by atoms with Gasteiger partial charge in [-0.25, -0.2) is 0 Å². The maximum Gasteiger partial charge on any atom is 0.0661 e. The van der Waals surface area contributed by atoms with Gasteiger partial charge in [-0.1, -0.05) is 45.4 Å². The second kappa shape index (κ2) is 6.95. The highest BCUT2D eigenvalue weighted by Crippen LogP contribution is 2.29. The molecule has 0 atom stereocenters. The molecule has 0 fully saturated rings. The molecule has 108 valence electrons. The average Bonchev–Trinajstić information content (AvgIpc) is 2.30. The standard InChI is InChI=1S/C17H29NO/c1-13(2)10-17(12-19,11-14(3)4)18-16-8-6-15(5)7-9-16/h6-9,13-14,18-19H,10-12H2,1-5H3. The molecule has 2 nitrogen and oxygen atoms in total. The third kappa shape index (κ3) is 5.23. The topological polar surface area (TPSA) is 32.3 Å². The molecule has 0 aliphatic carbocycles. The fourth-order valence-electron chi connectivity index (χ4n) is 2.86. The smallest absolute Gasteiger partial charge is 0.0661 e. The number of nitrogens with one attached hydrogen (secondary N) is 1. The molecule has 19 heavy (non-hydrogen) atoms. The Hall–Kier alpha value is -1.02. The molecule has 0 heterocycles. The first-order chi connectivity index (χ1) is 8.87. The molecule has 2 N–H and O–H groups in total. The summed E-state index contributed by atoms with van der Waals surface area (Å²) in [4.78, 5) is 0. The summed E-state index contributed by atoms with van der Waals surface area (Å²) in [6.45, 7) is 11.1. The van der Waals surface area contributed by atoms with E-state index in [1.165, 1.54) is 5.56 Å². The molecular formula is C17H29NO. The molecule has 0 radical (unpaired) electrons. The van der Waals surface area contributed by atoms with E-state index in [-0.39, 0.29) is 12.1 Å². The van der Waals surface area contributed by atoms with Gasteiger partial charge >= 0.3 is 0 Å². The van der Waals surface area contributed by atoms with E-state index in [1.807, 2.05) is 0 Å². The van der Waals surface area contributed by atoms with E-state index in [2.05, 4.69) is 64.2 Å². The van der Waals surface area contributed by atoms with Crippen molar-refractivity contribution in [1.29, 1.82) is 0 Å². The van der Waals surface area contributed by atoms with Crippen molar-refractivity contribution in [3.05, 3.63) is 29.8 Å². The van der Waals surface area contributed by atoms with Crippen molar-refractivity contribution in [1.82, 2.24) is 0 Å². The van der Waals surface area contributed by atoms with Gasteiger partial charge in [0.05, 0.1) is 12.1 Å². The Balaban J connectivity index is 2.91. The van der Waals surface area contributed by atoms with Crippen molar-refractivity contribution in [2.24, 2.45) is 11.8 Å². The highest BCUT2D eigenvalue weighted by Gasteiger charge is 2.31. The molecule has 1 aromatic carbocycles. The zero-order valence-electron chi connectivity index (χ0n) is 13.0. The molecule has 0 saturated carbocycles. The van der Waals surface area contributed by atoms with E-state index in [0.29, 0.717) is 11.8 Å². The molecule has 1 rings (SSSR count). The van der Waals surface area contributed by atoms with Gasteiger partial charge in [-0.2, -0.15) is 0 Å². The van der Waals surface area contributed by atoms with Crippen LogP contribution < -0.4 is 5.32 Å². The minimum Gasteiger partial charge on any atom is -0.394 e. The van der Waals surface area contributed by atoms with Crippen LogP contribution in [0.5, 0.6) is 0 Å². The summed E-state index contributed by atoms with van der Waals surface area (Å²) in [5.41, 5.74) is 2.14. The molecule has 0 aliphatic heterocycles. The third-order valence-corrected chi connectivity index (χ3v) is 3.36. The highest BCUT2D eigenvalue weighted by molar-refractivity contribution is 5.47. The monoisotopic (exact) mass is 263 g/mol. The van der Waals surface area contributed by atoms with Crippen molar-refractivity contribution in [2.75, 3.05) is 11.9 Å². The van der Waals surface area contributed by atoms with Gasteiger partial charge in [-0.15, -0.1) is 0 Å². The summed E-state index contributed by atoms with van der Waals surface area (Å²) in [6.07, 6.45) is 1.96. The molecule has 2 heteroatoms. The SMILES string of the molecule is Cc1ccc(NC(CO)(CC(C)C)CC(C)C)cc1. The summed E-state index contributed by atoms with van der Waals surface area (Å²) in [6, 6.07) is 8.41. The van der Waals surface area contributed by atoms with Crippen molar-refractivity contribution >= 4 is 5.69 Å². The Morgan fingerprint density at radius 1 is 1.00 bits per heavy atom. The molecular weight excluding hydrogens is 234 g/mol. The number of hydrogen-bond donors (Lipinski definition) is 2. The lowest BCUT2D eigenvalue weighted by Crippen LogP contribution is -2.44. The lowest BCUT2D eigenvalue weighted by molar-refractivity contribution is 0.168. The maximum atomic E-state index is 9.93. The molecule has 0 spiro atoms. The highest BCUT2D eigenvalue weighted by atomic mass is 16.3. The van der Waals surface area contributed by atoms with Gasteiger partial charge in [0.2, 0.25) is 0 Å². The van der Waals surface area contributed by atoms with Gasteiger partial charge in [-0.3, -0.25) is 0 Å². The number of aliphatic hydroxyl groups is 1. The first-order valence-corrected chi connectivity index (χ1v) is 7.32. The minimum atomic E-state index is -0.211. The first kappa shape index (κ1) is 16.0. The summed E-state index contributed by atoms with van der Waals surface area (Å²) in [5.74, 6) is 1.12. The molecule has 0 bridgehead atoms. The zero-order chi connectivity index (χ0) is 14.5. The van der Waals surface area contributed by atoms with E-state index >= 15 is 0 Å². The second-order valence-electron chi connectivity index (χ2n) is 6.63. The largest absolute Gasteiger partial charge is 0.394 e. The molecule has 0 amide bonds. The minimum absolute atomic E-state index is 0.178. The molecule has 0 aliphatic rings. The molecule has 0 saturated heterocycles. The second-order valence-corrected chi connectivity index (χ2v) is 6.63. The fourth-order valence-corrected chi connectivity index (χ4v) is 2.86. The Kier molecular flexibility index (Phi) is 5.86. The van der Waals surface area contributed by atoms with Crippen molar-refractivity contribution in [3.8, 4) is 0 Å². The van der Waals surface area contributed by atoms with Gasteiger partial charge < -0.3 is 10.4 Å². The first-order valence-electron chi connectivity index (χ1n) is 7.32. The van der Waals surface area contributed by atoms with Crippen molar-refractivity contribution in [3.63, 3.8) is 0 Å². The van der Waals surface area contributed by atoms with E-state index in [4.69, 9.17) is 0 Å². The van der Waals surface area contributed by atoms with E-state index in [9.17, 15) is 5.11 Å². The van der Waals surface area contributed by atoms with Gasteiger partial charge in [0.1, 0.15) is 0 Å². The van der Waals surface area contributed by atoms with Crippen molar-refractivity contribution in [2.45, 2.75) is 53.0 Å². The lowest BCUT2D eigenvalue weighted by Gasteiger charge is -2.37. The summed E-state index contributed by atoms with van der Waals surface area (Å²) >= 11 is 0. The number of benzene rings is 1. The maximum absolute atomic E-state index is 9.93. The summed E-state index contributed by atoms with van der Waals surface area (Å²) in [7, 11) is 0. The number of anilines is 1. The van der Waals surface area contributed by atoms with Crippen LogP contribution in [0.1, 0.15) is 46.1 Å². The quantitative estimate of drug-likeness (QED) is 0.771. The van der Waals surface area contributed by atoms with Gasteiger partial charge in [0, 0.05) is 5.69 Å². The van der Waals surface area contributed by atoms with Crippen LogP contribution in [0.2, 0.25) is 0 Å². The number of hydrogen-bond acceptors (Lipinski definition) is 2. The van der Waals surface area contributed by atoms with Crippen LogP contribution in [0.15, 0.2) is 24.3 Å². The number of aryl methyl sites for hydroxylation is 1. The average molecular weight is 263 g/mol. The van der Waals surface area contributed by atoms with Crippen LogP contribution in [-0.4, -0.2) is 17.3 Å². The lowest BCUT2D eigenvalue weighted by atomic mass is 9.82. The molecule has 1 aromatic rings. The Labute approximate surface area is 118 Å². The summed E-state index contributed by atoms with van der Waals surface area (Å²) < 4.78 is 0. The predicted octanol–water partition coefficient (Wildman–Crippen LogP) is 4.23. The fraction of sp³-hybridized carbons (Fsp3) is 0.647. The number of aliphatic hydroxyl groups excluding tert-OH is 1. The predicted molar refractivity (Wildman–Crippen MR) is 83.5 cm³/mol. The van der Waals surface area contributed by atoms with Crippen LogP contribution in [0.3, 0.4) is 0 Å². The Bertz CT molecular complexity index is 357. The zero-order valence-corrected chi connectivity index (χ0v) is 13.0. The van der Waals surface area contributed by atoms with Crippen LogP contribution in [0.4, 0.5) is 5.69 Å². The molecule has 0 unspecified atom stereocenters. The van der Waals surface area contributed by atoms with E-state index in [1.54, 1.807) is 0 Å². The Morgan fingerprint density at radius 3 is 1.84 bits per heavy atom. The van der Waals surface area contributed by atoms with Crippen LogP contribution in [0.25, 0.3) is 0 Å². The van der Waals surface area contributed by atoms with Gasteiger partial charge in [0.25, 0.3) is 0 Å². The van der Waals surface area contributed by atoms with Gasteiger partial charge in [-0.05, 0) is 43.7 Å². The third-order valence-electron chi connectivity index (χ3n) is 3.36. The number of rotatable bonds is 7. The Morgan fingerprint density at radius 2 is 1.47 bits per heavy atom.